The molecule has 4 rings (SSSR count). The number of hydrogen-bond acceptors (Lipinski definition) is 4. The fraction of sp³-hybridized carbons (Fsp3) is 0.278. The van der Waals surface area contributed by atoms with Gasteiger partial charge in [0, 0.05) is 6.04 Å². The van der Waals surface area contributed by atoms with Crippen molar-refractivity contribution in [3.05, 3.63) is 57.8 Å². The van der Waals surface area contributed by atoms with E-state index in [-0.39, 0.29) is 11.7 Å². The van der Waals surface area contributed by atoms with Crippen LogP contribution in [0.2, 0.25) is 0 Å². The molecule has 3 aromatic rings. The summed E-state index contributed by atoms with van der Waals surface area (Å²) in [7, 11) is 0. The predicted molar refractivity (Wildman–Crippen MR) is 98.1 cm³/mol. The second-order valence-corrected chi connectivity index (χ2v) is 7.38. The first-order valence-electron chi connectivity index (χ1n) is 8.54. The molecule has 1 saturated carbocycles. The monoisotopic (exact) mass is 408 g/mol. The lowest BCUT2D eigenvalue weighted by molar-refractivity contribution is -0.137. The number of benzene rings is 1. The predicted octanol–water partition coefficient (Wildman–Crippen LogP) is 3.77. The molecule has 146 valence electrons. The van der Waals surface area contributed by atoms with E-state index in [9.17, 15) is 22.8 Å². The molecular weight excluding hydrogens is 393 g/mol. The number of anilines is 1. The Bertz CT molecular complexity index is 1070. The van der Waals surface area contributed by atoms with Crippen molar-refractivity contribution in [2.75, 3.05) is 5.32 Å². The summed E-state index contributed by atoms with van der Waals surface area (Å²) in [5, 5.41) is 8.35. The minimum absolute atomic E-state index is 0.0485. The van der Waals surface area contributed by atoms with Crippen LogP contribution in [0.4, 0.5) is 18.9 Å². The Labute approximate surface area is 161 Å². The molecule has 0 spiro atoms. The zero-order valence-electron chi connectivity index (χ0n) is 14.4. The van der Waals surface area contributed by atoms with Crippen molar-refractivity contribution in [1.29, 1.82) is 0 Å². The molecule has 1 amide bonds. The fourth-order valence-corrected chi connectivity index (χ4v) is 3.63. The molecule has 1 aromatic carbocycles. The number of amides is 1. The van der Waals surface area contributed by atoms with Gasteiger partial charge in [-0.05, 0) is 36.4 Å². The quantitative estimate of drug-likeness (QED) is 0.699. The number of halogens is 3. The maximum Gasteiger partial charge on any atom is 0.418 e. The van der Waals surface area contributed by atoms with Crippen molar-refractivity contribution < 1.29 is 18.0 Å². The van der Waals surface area contributed by atoms with E-state index >= 15 is 0 Å². The van der Waals surface area contributed by atoms with E-state index in [4.69, 9.17) is 0 Å². The van der Waals surface area contributed by atoms with Crippen molar-refractivity contribution >= 4 is 22.9 Å². The second-order valence-electron chi connectivity index (χ2n) is 6.43. The standard InChI is InChI=1S/C18H15F3N4O2S/c19-18(20,21)12-4-1-2-5-13(12)22-15(26)10-24-17(27)25(11-7-8-11)16(23-24)14-6-3-9-28-14/h1-6,9,11H,7-8,10H2,(H,22,26). The van der Waals surface area contributed by atoms with Gasteiger partial charge in [-0.2, -0.15) is 13.2 Å². The first kappa shape index (κ1) is 18.5. The van der Waals surface area contributed by atoms with Crippen molar-refractivity contribution in [3.63, 3.8) is 0 Å². The van der Waals surface area contributed by atoms with Crippen LogP contribution in [0.1, 0.15) is 24.4 Å². The van der Waals surface area contributed by atoms with Crippen LogP contribution in [-0.4, -0.2) is 20.3 Å². The van der Waals surface area contributed by atoms with E-state index in [2.05, 4.69) is 10.4 Å². The SMILES string of the molecule is O=C(Cn1nc(-c2cccs2)n(C2CC2)c1=O)Nc1ccccc1C(F)(F)F. The van der Waals surface area contributed by atoms with Crippen molar-refractivity contribution in [3.8, 4) is 10.7 Å². The third kappa shape index (κ3) is 3.59. The highest BCUT2D eigenvalue weighted by Crippen LogP contribution is 2.37. The summed E-state index contributed by atoms with van der Waals surface area (Å²) in [6.45, 7) is -0.469. The summed E-state index contributed by atoms with van der Waals surface area (Å²) < 4.78 is 41.8. The zero-order valence-corrected chi connectivity index (χ0v) is 15.3. The topological polar surface area (TPSA) is 68.9 Å². The molecule has 0 bridgehead atoms. The van der Waals surface area contributed by atoms with Gasteiger partial charge in [-0.15, -0.1) is 16.4 Å². The molecular formula is C18H15F3N4O2S. The minimum Gasteiger partial charge on any atom is -0.324 e. The first-order chi connectivity index (χ1) is 13.3. The summed E-state index contributed by atoms with van der Waals surface area (Å²) in [4.78, 5) is 25.8. The van der Waals surface area contributed by atoms with Crippen LogP contribution >= 0.6 is 11.3 Å². The molecule has 1 aliphatic carbocycles. The average Bonchev–Trinajstić information content (AvgIpc) is 3.21. The van der Waals surface area contributed by atoms with Gasteiger partial charge >= 0.3 is 11.9 Å². The van der Waals surface area contributed by atoms with Gasteiger partial charge in [-0.25, -0.2) is 9.48 Å². The lowest BCUT2D eigenvalue weighted by Crippen LogP contribution is -2.30. The van der Waals surface area contributed by atoms with Crippen molar-refractivity contribution in [2.24, 2.45) is 0 Å². The van der Waals surface area contributed by atoms with Crippen molar-refractivity contribution in [2.45, 2.75) is 31.6 Å². The number of para-hydroxylation sites is 1. The number of nitrogens with zero attached hydrogens (tertiary/aromatic N) is 3. The Hall–Kier alpha value is -2.88. The smallest absolute Gasteiger partial charge is 0.324 e. The van der Waals surface area contributed by atoms with E-state index in [0.29, 0.717) is 5.82 Å². The lowest BCUT2D eigenvalue weighted by Gasteiger charge is -2.13. The highest BCUT2D eigenvalue weighted by molar-refractivity contribution is 7.13. The van der Waals surface area contributed by atoms with E-state index < -0.39 is 29.9 Å². The molecule has 0 unspecified atom stereocenters. The molecule has 0 aliphatic heterocycles. The molecule has 2 aromatic heterocycles. The summed E-state index contributed by atoms with van der Waals surface area (Å²) in [6.07, 6.45) is -2.88. The Kier molecular flexibility index (Phi) is 4.58. The summed E-state index contributed by atoms with van der Waals surface area (Å²) in [5.74, 6) is -0.275. The molecule has 0 saturated heterocycles. The van der Waals surface area contributed by atoms with E-state index in [1.165, 1.54) is 29.5 Å². The third-order valence-electron chi connectivity index (χ3n) is 4.32. The van der Waals surface area contributed by atoms with E-state index in [0.717, 1.165) is 28.5 Å². The first-order valence-corrected chi connectivity index (χ1v) is 9.42. The maximum absolute atomic E-state index is 13.1. The largest absolute Gasteiger partial charge is 0.418 e. The summed E-state index contributed by atoms with van der Waals surface area (Å²) >= 11 is 1.42. The zero-order chi connectivity index (χ0) is 19.9. The van der Waals surface area contributed by atoms with Crippen LogP contribution < -0.4 is 11.0 Å². The average molecular weight is 408 g/mol. The number of carbonyl (C=O) groups excluding carboxylic acids is 1. The number of alkyl halides is 3. The number of carbonyl (C=O) groups is 1. The summed E-state index contributed by atoms with van der Waals surface area (Å²) in [5.41, 5.74) is -1.74. The molecule has 1 N–H and O–H groups in total. The van der Waals surface area contributed by atoms with Crippen LogP contribution in [0.3, 0.4) is 0 Å². The van der Waals surface area contributed by atoms with Gasteiger partial charge in [0.1, 0.15) is 6.54 Å². The van der Waals surface area contributed by atoms with Gasteiger partial charge in [-0.3, -0.25) is 9.36 Å². The fourth-order valence-electron chi connectivity index (χ4n) is 2.92. The number of rotatable bonds is 5. The Balaban J connectivity index is 1.60. The molecule has 10 heteroatoms. The Morgan fingerprint density at radius 3 is 2.61 bits per heavy atom. The number of nitrogens with one attached hydrogen (secondary N) is 1. The normalized spacial score (nSPS) is 14.2. The molecule has 28 heavy (non-hydrogen) atoms. The summed E-state index contributed by atoms with van der Waals surface area (Å²) in [6, 6.07) is 8.41. The van der Waals surface area contributed by atoms with Crippen LogP contribution in [0.25, 0.3) is 10.7 Å². The molecule has 0 atom stereocenters. The number of aromatic nitrogens is 3. The lowest BCUT2D eigenvalue weighted by atomic mass is 10.1. The van der Waals surface area contributed by atoms with Crippen LogP contribution in [0.15, 0.2) is 46.6 Å². The maximum atomic E-state index is 13.1. The minimum atomic E-state index is -4.60. The molecule has 1 aliphatic rings. The van der Waals surface area contributed by atoms with Gasteiger partial charge in [0.05, 0.1) is 16.1 Å². The molecule has 1 fully saturated rings. The van der Waals surface area contributed by atoms with Gasteiger partial charge in [0.25, 0.3) is 0 Å². The number of hydrogen-bond donors (Lipinski definition) is 1. The second kappa shape index (κ2) is 6.93. The van der Waals surface area contributed by atoms with Crippen molar-refractivity contribution in [1.82, 2.24) is 14.3 Å². The third-order valence-corrected chi connectivity index (χ3v) is 5.19. The molecule has 6 nitrogen and oxygen atoms in total. The van der Waals surface area contributed by atoms with Crippen LogP contribution in [-0.2, 0) is 17.5 Å². The van der Waals surface area contributed by atoms with Gasteiger partial charge in [0.2, 0.25) is 5.91 Å². The van der Waals surface area contributed by atoms with E-state index in [1.54, 1.807) is 4.57 Å². The van der Waals surface area contributed by atoms with Gasteiger partial charge in [0.15, 0.2) is 5.82 Å². The van der Waals surface area contributed by atoms with Gasteiger partial charge in [-0.1, -0.05) is 18.2 Å². The Morgan fingerprint density at radius 2 is 1.96 bits per heavy atom. The molecule has 2 heterocycles. The van der Waals surface area contributed by atoms with Crippen LogP contribution in [0, 0.1) is 0 Å². The molecule has 0 radical (unpaired) electrons. The van der Waals surface area contributed by atoms with Gasteiger partial charge < -0.3 is 5.32 Å². The number of thiophene rings is 1. The highest BCUT2D eigenvalue weighted by Gasteiger charge is 2.34. The van der Waals surface area contributed by atoms with Crippen LogP contribution in [0.5, 0.6) is 0 Å². The van der Waals surface area contributed by atoms with E-state index in [1.807, 2.05) is 17.5 Å². The Morgan fingerprint density at radius 1 is 1.21 bits per heavy atom. The highest BCUT2D eigenvalue weighted by atomic mass is 32.1.